The number of ether oxygens (including phenoxy) is 1. The Bertz CT molecular complexity index is 817. The predicted octanol–water partition coefficient (Wildman–Crippen LogP) is 4.55. The summed E-state index contributed by atoms with van der Waals surface area (Å²) >= 11 is 0. The first-order valence-electron chi connectivity index (χ1n) is 8.41. The van der Waals surface area contributed by atoms with Gasteiger partial charge in [0, 0.05) is 19.0 Å². The van der Waals surface area contributed by atoms with E-state index >= 15 is 0 Å². The van der Waals surface area contributed by atoms with Gasteiger partial charge in [-0.25, -0.2) is 0 Å². The Morgan fingerprint density at radius 2 is 1.92 bits per heavy atom. The van der Waals surface area contributed by atoms with Crippen LogP contribution in [0.25, 0.3) is 11.1 Å². The first kappa shape index (κ1) is 18.3. The van der Waals surface area contributed by atoms with Gasteiger partial charge in [-0.1, -0.05) is 30.3 Å². The minimum Gasteiger partial charge on any atom is -0.496 e. The number of hydrogen-bond donors (Lipinski definition) is 0. The zero-order valence-corrected chi connectivity index (χ0v) is 14.6. The molecule has 0 aliphatic carbocycles. The molecule has 6 heteroatoms. The molecule has 3 rings (SSSR count). The zero-order valence-electron chi connectivity index (χ0n) is 14.6. The number of aryl methyl sites for hydroxylation is 1. The average Bonchev–Trinajstić information content (AvgIpc) is 3.10. The van der Waals surface area contributed by atoms with Gasteiger partial charge in [-0.2, -0.15) is 13.2 Å². The fraction of sp³-hybridized carbons (Fsp3) is 0.350. The Hall–Kier alpha value is -2.50. The summed E-state index contributed by atoms with van der Waals surface area (Å²) in [6.45, 7) is 2.16. The third kappa shape index (κ3) is 3.54. The van der Waals surface area contributed by atoms with E-state index in [2.05, 4.69) is 0 Å². The van der Waals surface area contributed by atoms with Crippen LogP contribution >= 0.6 is 0 Å². The average molecular weight is 363 g/mol. The fourth-order valence-corrected chi connectivity index (χ4v) is 3.50. The molecule has 0 spiro atoms. The molecule has 1 unspecified atom stereocenters. The molecule has 0 radical (unpaired) electrons. The molecule has 0 bridgehead atoms. The van der Waals surface area contributed by atoms with Crippen LogP contribution in [0.2, 0.25) is 0 Å². The van der Waals surface area contributed by atoms with E-state index in [-0.39, 0.29) is 19.0 Å². The molecule has 1 amide bonds. The summed E-state index contributed by atoms with van der Waals surface area (Å²) < 4.78 is 43.5. The van der Waals surface area contributed by atoms with Gasteiger partial charge in [0.15, 0.2) is 0 Å². The summed E-state index contributed by atoms with van der Waals surface area (Å²) in [6, 6.07) is 13.7. The van der Waals surface area contributed by atoms with Crippen LogP contribution in [0.15, 0.2) is 42.5 Å². The van der Waals surface area contributed by atoms with E-state index in [1.807, 2.05) is 49.4 Å². The number of carbonyl (C=O) groups excluding carboxylic acids is 1. The van der Waals surface area contributed by atoms with E-state index in [1.54, 1.807) is 7.11 Å². The number of nitrogens with zero attached hydrogens (tertiary/aromatic N) is 1. The molecule has 0 N–H and O–H groups in total. The Kier molecular flexibility index (Phi) is 4.94. The Balaban J connectivity index is 1.91. The van der Waals surface area contributed by atoms with Crippen LogP contribution in [-0.4, -0.2) is 37.2 Å². The summed E-state index contributed by atoms with van der Waals surface area (Å²) in [6.07, 6.45) is -4.35. The van der Waals surface area contributed by atoms with Crippen molar-refractivity contribution in [2.24, 2.45) is 0 Å². The van der Waals surface area contributed by atoms with Crippen molar-refractivity contribution in [3.63, 3.8) is 0 Å². The molecule has 26 heavy (non-hydrogen) atoms. The van der Waals surface area contributed by atoms with E-state index in [4.69, 9.17) is 4.74 Å². The maximum absolute atomic E-state index is 12.7. The molecule has 0 saturated carbocycles. The minimum absolute atomic E-state index is 0.0475. The lowest BCUT2D eigenvalue weighted by molar-refractivity contribution is -0.184. The van der Waals surface area contributed by atoms with E-state index in [9.17, 15) is 18.0 Å². The van der Waals surface area contributed by atoms with Gasteiger partial charge in [-0.3, -0.25) is 4.79 Å². The van der Waals surface area contributed by atoms with Crippen molar-refractivity contribution in [3.05, 3.63) is 53.6 Å². The summed E-state index contributed by atoms with van der Waals surface area (Å²) in [5, 5.41) is 0. The lowest BCUT2D eigenvalue weighted by Crippen LogP contribution is -2.39. The van der Waals surface area contributed by atoms with Gasteiger partial charge in [0.2, 0.25) is 0 Å². The van der Waals surface area contributed by atoms with E-state index in [1.165, 1.54) is 0 Å². The maximum atomic E-state index is 12.7. The molecule has 1 atom stereocenters. The van der Waals surface area contributed by atoms with E-state index in [0.29, 0.717) is 12.2 Å². The first-order chi connectivity index (χ1) is 12.3. The third-order valence-corrected chi connectivity index (χ3v) is 4.84. The molecule has 2 aromatic rings. The topological polar surface area (TPSA) is 29.5 Å². The van der Waals surface area contributed by atoms with Crippen LogP contribution in [0.1, 0.15) is 23.5 Å². The summed E-state index contributed by atoms with van der Waals surface area (Å²) in [4.78, 5) is 12.4. The molecular weight excluding hydrogens is 343 g/mol. The number of rotatable bonds is 3. The number of alkyl halides is 3. The van der Waals surface area contributed by atoms with Gasteiger partial charge in [-0.05, 0) is 47.7 Å². The maximum Gasteiger partial charge on any atom is 0.471 e. The lowest BCUT2D eigenvalue weighted by atomic mass is 9.92. The molecular formula is C20H20F3NO2. The van der Waals surface area contributed by atoms with Gasteiger partial charge in [-0.15, -0.1) is 0 Å². The van der Waals surface area contributed by atoms with Crippen LogP contribution in [-0.2, 0) is 4.79 Å². The molecule has 1 fully saturated rings. The molecule has 1 heterocycles. The highest BCUT2D eigenvalue weighted by atomic mass is 19.4. The van der Waals surface area contributed by atoms with Crippen molar-refractivity contribution in [2.45, 2.75) is 25.4 Å². The standard InChI is InChI=1S/C20H20F3NO2/c1-13-5-3-4-6-16(13)14-7-8-18(26-2)17(11-14)15-9-10-24(12-15)19(25)20(21,22)23/h3-8,11,15H,9-10,12H2,1-2H3. The number of hydrogen-bond acceptors (Lipinski definition) is 2. The Morgan fingerprint density at radius 3 is 2.58 bits per heavy atom. The number of likely N-dealkylation sites (tertiary alicyclic amines) is 1. The summed E-state index contributed by atoms with van der Waals surface area (Å²) in [5.74, 6) is -1.32. The van der Waals surface area contributed by atoms with Crippen molar-refractivity contribution in [2.75, 3.05) is 20.2 Å². The highest BCUT2D eigenvalue weighted by Gasteiger charge is 2.44. The SMILES string of the molecule is COc1ccc(-c2ccccc2C)cc1C1CCN(C(=O)C(F)(F)F)C1. The molecule has 1 aliphatic rings. The second-order valence-corrected chi connectivity index (χ2v) is 6.51. The second-order valence-electron chi connectivity index (χ2n) is 6.51. The lowest BCUT2D eigenvalue weighted by Gasteiger charge is -2.20. The quantitative estimate of drug-likeness (QED) is 0.801. The van der Waals surface area contributed by atoms with Crippen LogP contribution < -0.4 is 4.74 Å². The molecule has 1 aliphatic heterocycles. The smallest absolute Gasteiger partial charge is 0.471 e. The van der Waals surface area contributed by atoms with Crippen molar-refractivity contribution in [1.82, 2.24) is 4.90 Å². The summed E-state index contributed by atoms with van der Waals surface area (Å²) in [5.41, 5.74) is 4.01. The largest absolute Gasteiger partial charge is 0.496 e. The van der Waals surface area contributed by atoms with Crippen LogP contribution in [0, 0.1) is 6.92 Å². The number of carbonyl (C=O) groups is 1. The molecule has 2 aromatic carbocycles. The number of methoxy groups -OCH3 is 1. The number of amides is 1. The van der Waals surface area contributed by atoms with Gasteiger partial charge in [0.25, 0.3) is 0 Å². The van der Waals surface area contributed by atoms with Crippen molar-refractivity contribution in [1.29, 1.82) is 0 Å². The normalized spacial score (nSPS) is 17.4. The Labute approximate surface area is 150 Å². The minimum atomic E-state index is -4.83. The van der Waals surface area contributed by atoms with E-state index < -0.39 is 12.1 Å². The van der Waals surface area contributed by atoms with E-state index in [0.717, 1.165) is 27.2 Å². The van der Waals surface area contributed by atoms with Crippen molar-refractivity contribution < 1.29 is 22.7 Å². The predicted molar refractivity (Wildman–Crippen MR) is 93.2 cm³/mol. The Morgan fingerprint density at radius 1 is 1.19 bits per heavy atom. The van der Waals surface area contributed by atoms with Gasteiger partial charge < -0.3 is 9.64 Å². The van der Waals surface area contributed by atoms with Gasteiger partial charge in [0.05, 0.1) is 7.11 Å². The number of halogens is 3. The molecule has 1 saturated heterocycles. The molecule has 138 valence electrons. The number of benzene rings is 2. The van der Waals surface area contributed by atoms with Crippen molar-refractivity contribution in [3.8, 4) is 16.9 Å². The van der Waals surface area contributed by atoms with Crippen LogP contribution in [0.4, 0.5) is 13.2 Å². The first-order valence-corrected chi connectivity index (χ1v) is 8.41. The molecule has 3 nitrogen and oxygen atoms in total. The monoisotopic (exact) mass is 363 g/mol. The van der Waals surface area contributed by atoms with Gasteiger partial charge in [0.1, 0.15) is 5.75 Å². The molecule has 0 aromatic heterocycles. The zero-order chi connectivity index (χ0) is 18.9. The van der Waals surface area contributed by atoms with Gasteiger partial charge >= 0.3 is 12.1 Å². The van der Waals surface area contributed by atoms with Crippen LogP contribution in [0.3, 0.4) is 0 Å². The van der Waals surface area contributed by atoms with Crippen molar-refractivity contribution >= 4 is 5.91 Å². The fourth-order valence-electron chi connectivity index (χ4n) is 3.50. The van der Waals surface area contributed by atoms with Crippen LogP contribution in [0.5, 0.6) is 5.75 Å². The highest BCUT2D eigenvalue weighted by molar-refractivity contribution is 5.82. The summed E-state index contributed by atoms with van der Waals surface area (Å²) in [7, 11) is 1.54. The third-order valence-electron chi connectivity index (χ3n) is 4.84. The highest BCUT2D eigenvalue weighted by Crippen LogP contribution is 2.38. The second kappa shape index (κ2) is 7.02.